The van der Waals surface area contributed by atoms with E-state index < -0.39 is 0 Å². The van der Waals surface area contributed by atoms with Crippen LogP contribution in [0.1, 0.15) is 36.7 Å². The number of nitrogens with two attached hydrogens (primary N) is 1. The van der Waals surface area contributed by atoms with Gasteiger partial charge in [0.05, 0.1) is 0 Å². The largest absolute Gasteiger partial charge is 0.368 e. The van der Waals surface area contributed by atoms with Crippen molar-refractivity contribution in [2.75, 3.05) is 17.2 Å². The van der Waals surface area contributed by atoms with E-state index in [-0.39, 0.29) is 5.92 Å². The third kappa shape index (κ3) is 2.43. The molecule has 0 saturated carbocycles. The third-order valence-electron chi connectivity index (χ3n) is 3.59. The van der Waals surface area contributed by atoms with Crippen molar-refractivity contribution < 1.29 is 0 Å². The Morgan fingerprint density at radius 1 is 1.10 bits per heavy atom. The Hall–Kier alpha value is -2.17. The van der Waals surface area contributed by atoms with Crippen LogP contribution in [0.4, 0.5) is 11.9 Å². The van der Waals surface area contributed by atoms with Crippen LogP contribution in [-0.2, 0) is 13.0 Å². The van der Waals surface area contributed by atoms with Gasteiger partial charge in [-0.2, -0.15) is 15.0 Å². The van der Waals surface area contributed by atoms with Gasteiger partial charge in [0.1, 0.15) is 5.82 Å². The first-order valence-electron chi connectivity index (χ1n) is 6.96. The van der Waals surface area contributed by atoms with Crippen molar-refractivity contribution in [1.29, 1.82) is 0 Å². The summed E-state index contributed by atoms with van der Waals surface area (Å²) in [5, 5.41) is 0. The zero-order chi connectivity index (χ0) is 14.1. The zero-order valence-electron chi connectivity index (χ0n) is 11.9. The summed E-state index contributed by atoms with van der Waals surface area (Å²) < 4.78 is 0. The lowest BCUT2D eigenvalue weighted by molar-refractivity contribution is 0.686. The van der Waals surface area contributed by atoms with E-state index in [4.69, 9.17) is 5.73 Å². The molecule has 1 aliphatic rings. The second-order valence-electron chi connectivity index (χ2n) is 5.45. The molecule has 0 radical (unpaired) electrons. The number of hydrogen-bond donors (Lipinski definition) is 1. The van der Waals surface area contributed by atoms with Crippen LogP contribution in [0.15, 0.2) is 24.3 Å². The van der Waals surface area contributed by atoms with Crippen molar-refractivity contribution >= 4 is 11.9 Å². The van der Waals surface area contributed by atoms with Gasteiger partial charge in [-0.1, -0.05) is 38.1 Å². The van der Waals surface area contributed by atoms with Gasteiger partial charge in [-0.3, -0.25) is 0 Å². The first kappa shape index (κ1) is 12.8. The van der Waals surface area contributed by atoms with Crippen LogP contribution in [0, 0.1) is 0 Å². The molecule has 20 heavy (non-hydrogen) atoms. The predicted molar refractivity (Wildman–Crippen MR) is 79.5 cm³/mol. The van der Waals surface area contributed by atoms with Crippen molar-refractivity contribution in [1.82, 2.24) is 15.0 Å². The fourth-order valence-corrected chi connectivity index (χ4v) is 2.46. The van der Waals surface area contributed by atoms with Gasteiger partial charge in [0.15, 0.2) is 0 Å². The number of benzene rings is 1. The van der Waals surface area contributed by atoms with E-state index in [1.165, 1.54) is 11.1 Å². The van der Waals surface area contributed by atoms with Crippen molar-refractivity contribution in [2.45, 2.75) is 32.7 Å². The molecule has 0 fully saturated rings. The average molecular weight is 269 g/mol. The first-order valence-corrected chi connectivity index (χ1v) is 6.96. The summed E-state index contributed by atoms with van der Waals surface area (Å²) >= 11 is 0. The number of nitrogen functional groups attached to an aromatic ring is 1. The van der Waals surface area contributed by atoms with Gasteiger partial charge < -0.3 is 10.6 Å². The molecular weight excluding hydrogens is 250 g/mol. The number of hydrogen-bond acceptors (Lipinski definition) is 5. The van der Waals surface area contributed by atoms with Crippen LogP contribution in [0.25, 0.3) is 0 Å². The van der Waals surface area contributed by atoms with Crippen molar-refractivity contribution in [3.05, 3.63) is 41.2 Å². The lowest BCUT2D eigenvalue weighted by Crippen LogP contribution is -2.32. The van der Waals surface area contributed by atoms with Crippen LogP contribution in [0.3, 0.4) is 0 Å². The van der Waals surface area contributed by atoms with E-state index >= 15 is 0 Å². The monoisotopic (exact) mass is 269 g/mol. The molecule has 1 aromatic carbocycles. The molecule has 0 aliphatic carbocycles. The maximum absolute atomic E-state index is 5.81. The quantitative estimate of drug-likeness (QED) is 0.904. The Labute approximate surface area is 118 Å². The first-order chi connectivity index (χ1) is 9.63. The topological polar surface area (TPSA) is 67.9 Å². The number of rotatable bonds is 2. The number of aromatic nitrogens is 3. The van der Waals surface area contributed by atoms with Crippen LogP contribution >= 0.6 is 0 Å². The van der Waals surface area contributed by atoms with Crippen molar-refractivity contribution in [2.24, 2.45) is 0 Å². The van der Waals surface area contributed by atoms with Gasteiger partial charge in [0.25, 0.3) is 0 Å². The minimum Gasteiger partial charge on any atom is -0.368 e. The Balaban J connectivity index is 1.91. The Morgan fingerprint density at radius 3 is 2.60 bits per heavy atom. The number of nitrogens with zero attached hydrogens (tertiary/aromatic N) is 4. The predicted octanol–water partition coefficient (Wildman–Crippen LogP) is 2.14. The molecule has 2 heterocycles. The maximum Gasteiger partial charge on any atom is 0.230 e. The summed E-state index contributed by atoms with van der Waals surface area (Å²) in [6.45, 7) is 5.86. The Morgan fingerprint density at radius 2 is 1.85 bits per heavy atom. The molecule has 5 nitrogen and oxygen atoms in total. The van der Waals surface area contributed by atoms with Crippen LogP contribution in [-0.4, -0.2) is 21.5 Å². The van der Waals surface area contributed by atoms with E-state index in [1.807, 2.05) is 0 Å². The standard InChI is InChI=1S/C15H19N5/c1-10(2)13-17-14(16)19-15(18-13)20-8-7-11-5-3-4-6-12(11)9-20/h3-6,10H,7-9H2,1-2H3,(H2,16,17,18,19). The fraction of sp³-hybridized carbons (Fsp3) is 0.400. The highest BCUT2D eigenvalue weighted by atomic mass is 15.3. The zero-order valence-corrected chi connectivity index (χ0v) is 11.9. The SMILES string of the molecule is CC(C)c1nc(N)nc(N2CCc3ccccc3C2)n1. The van der Waals surface area contributed by atoms with Gasteiger partial charge in [0.2, 0.25) is 11.9 Å². The fourth-order valence-electron chi connectivity index (χ4n) is 2.46. The van der Waals surface area contributed by atoms with E-state index in [2.05, 4.69) is 58.0 Å². The summed E-state index contributed by atoms with van der Waals surface area (Å²) in [6, 6.07) is 8.51. The Kier molecular flexibility index (Phi) is 3.26. The van der Waals surface area contributed by atoms with Gasteiger partial charge in [-0.25, -0.2) is 0 Å². The molecule has 0 unspecified atom stereocenters. The smallest absolute Gasteiger partial charge is 0.230 e. The molecule has 5 heteroatoms. The van der Waals surface area contributed by atoms with Crippen LogP contribution in [0.2, 0.25) is 0 Å². The molecular formula is C15H19N5. The molecule has 2 N–H and O–H groups in total. The minimum atomic E-state index is 0.246. The summed E-state index contributed by atoms with van der Waals surface area (Å²) in [4.78, 5) is 15.2. The van der Waals surface area contributed by atoms with E-state index in [1.54, 1.807) is 0 Å². The minimum absolute atomic E-state index is 0.246. The van der Waals surface area contributed by atoms with E-state index in [9.17, 15) is 0 Å². The Bertz CT molecular complexity index is 623. The van der Waals surface area contributed by atoms with Gasteiger partial charge in [-0.05, 0) is 17.5 Å². The molecule has 104 valence electrons. The summed E-state index contributed by atoms with van der Waals surface area (Å²) in [7, 11) is 0. The van der Waals surface area contributed by atoms with Gasteiger partial charge >= 0.3 is 0 Å². The summed E-state index contributed by atoms with van der Waals surface area (Å²) in [5.74, 6) is 2.00. The summed E-state index contributed by atoms with van der Waals surface area (Å²) in [6.07, 6.45) is 1.01. The summed E-state index contributed by atoms with van der Waals surface area (Å²) in [5.41, 5.74) is 8.56. The molecule has 0 saturated heterocycles. The van der Waals surface area contributed by atoms with Crippen LogP contribution < -0.4 is 10.6 Å². The molecule has 0 amide bonds. The molecule has 3 rings (SSSR count). The molecule has 0 atom stereocenters. The molecule has 0 bridgehead atoms. The molecule has 1 aromatic heterocycles. The van der Waals surface area contributed by atoms with E-state index in [0.29, 0.717) is 11.9 Å². The highest BCUT2D eigenvalue weighted by Crippen LogP contribution is 2.23. The molecule has 2 aromatic rings. The van der Waals surface area contributed by atoms with Gasteiger partial charge in [0, 0.05) is 19.0 Å². The van der Waals surface area contributed by atoms with Crippen molar-refractivity contribution in [3.8, 4) is 0 Å². The second kappa shape index (κ2) is 5.07. The second-order valence-corrected chi connectivity index (χ2v) is 5.45. The number of fused-ring (bicyclic) bond motifs is 1. The molecule has 0 spiro atoms. The van der Waals surface area contributed by atoms with Gasteiger partial charge in [-0.15, -0.1) is 0 Å². The maximum atomic E-state index is 5.81. The van der Waals surface area contributed by atoms with E-state index in [0.717, 1.165) is 25.3 Å². The highest BCUT2D eigenvalue weighted by Gasteiger charge is 2.19. The molecule has 1 aliphatic heterocycles. The normalized spacial score (nSPS) is 14.4. The van der Waals surface area contributed by atoms with Crippen LogP contribution in [0.5, 0.6) is 0 Å². The lowest BCUT2D eigenvalue weighted by Gasteiger charge is -2.29. The third-order valence-corrected chi connectivity index (χ3v) is 3.59. The highest BCUT2D eigenvalue weighted by molar-refractivity contribution is 5.41. The van der Waals surface area contributed by atoms with Crippen molar-refractivity contribution in [3.63, 3.8) is 0 Å². The lowest BCUT2D eigenvalue weighted by atomic mass is 10.0. The number of anilines is 2. The average Bonchev–Trinajstić information content (AvgIpc) is 2.46.